The van der Waals surface area contributed by atoms with Crippen molar-refractivity contribution in [1.82, 2.24) is 41.7 Å². The Morgan fingerprint density at radius 1 is 0.569 bits per heavy atom. The van der Waals surface area contributed by atoms with Gasteiger partial charge in [0.1, 0.15) is 48.3 Å². The Morgan fingerprint density at radius 3 is 1.43 bits per heavy atom. The number of aliphatic hydroxyl groups is 2. The summed E-state index contributed by atoms with van der Waals surface area (Å²) in [5.74, 6) is -10.2. The Balaban J connectivity index is 1.56. The monoisotopic (exact) mass is 1010 g/mol. The van der Waals surface area contributed by atoms with Crippen LogP contribution < -0.4 is 37.6 Å². The molecule has 2 heterocycles. The largest absolute Gasteiger partial charge is 0.481 e. The summed E-state index contributed by atoms with van der Waals surface area (Å²) >= 11 is 0. The Labute approximate surface area is 417 Å². The first kappa shape index (κ1) is 57.6. The van der Waals surface area contributed by atoms with Gasteiger partial charge in [-0.1, -0.05) is 88.4 Å². The predicted octanol–water partition coefficient (Wildman–Crippen LogP) is -2.06. The number of rotatable bonds is 26. The van der Waals surface area contributed by atoms with E-state index in [-0.39, 0.29) is 44.7 Å². The molecule has 9 unspecified atom stereocenters. The van der Waals surface area contributed by atoms with Gasteiger partial charge in [0.15, 0.2) is 0 Å². The molecule has 12 N–H and O–H groups in total. The number of carbonyl (C=O) groups is 10. The highest BCUT2D eigenvalue weighted by Gasteiger charge is 2.42. The van der Waals surface area contributed by atoms with Gasteiger partial charge < -0.3 is 67.9 Å². The van der Waals surface area contributed by atoms with Gasteiger partial charge in [-0.25, -0.2) is 4.79 Å². The Bertz CT molecular complexity index is 2230. The van der Waals surface area contributed by atoms with Crippen LogP contribution in [0.2, 0.25) is 0 Å². The number of amides is 8. The van der Waals surface area contributed by atoms with Crippen molar-refractivity contribution in [2.45, 2.75) is 133 Å². The molecular formula is C49H69N9O14. The SMILES string of the molecule is CC(C)CC(N)C(=O)N1CCCC1C(=O)NC(CO)C(=O)NC(CC(=O)O)C(=O)NC(Cc1ccccc1)C(=O)NC(Cc1ccccc1)C(=O)N1CCCC1C(=O)NC(CO)C(=O)NC(C(=O)O)C(C)C. The molecule has 2 aromatic carbocycles. The average Bonchev–Trinajstić information content (AvgIpc) is 4.04. The minimum atomic E-state index is -1.87. The van der Waals surface area contributed by atoms with Crippen molar-refractivity contribution in [2.75, 3.05) is 26.3 Å². The molecule has 23 heteroatoms. The van der Waals surface area contributed by atoms with E-state index < -0.39 is 139 Å². The molecule has 0 radical (unpaired) electrons. The number of benzene rings is 2. The molecule has 0 aromatic heterocycles. The maximum Gasteiger partial charge on any atom is 0.326 e. The van der Waals surface area contributed by atoms with Gasteiger partial charge in [0, 0.05) is 25.9 Å². The summed E-state index contributed by atoms with van der Waals surface area (Å²) < 4.78 is 0. The molecule has 2 aliphatic heterocycles. The molecule has 0 spiro atoms. The van der Waals surface area contributed by atoms with Crippen molar-refractivity contribution in [2.24, 2.45) is 17.6 Å². The number of nitrogens with two attached hydrogens (primary N) is 1. The number of nitrogens with zero attached hydrogens (tertiary/aromatic N) is 2. The number of carbonyl (C=O) groups excluding carboxylic acids is 8. The highest BCUT2D eigenvalue weighted by atomic mass is 16.4. The third kappa shape index (κ3) is 16.6. The number of nitrogens with one attached hydrogen (secondary N) is 6. The first-order valence-electron chi connectivity index (χ1n) is 24.1. The van der Waals surface area contributed by atoms with Crippen molar-refractivity contribution >= 4 is 59.2 Å². The molecule has 0 bridgehead atoms. The van der Waals surface area contributed by atoms with Crippen LogP contribution in [-0.4, -0.2) is 170 Å². The zero-order chi connectivity index (χ0) is 53.2. The lowest BCUT2D eigenvalue weighted by Gasteiger charge is -2.31. The highest BCUT2D eigenvalue weighted by Crippen LogP contribution is 2.22. The van der Waals surface area contributed by atoms with Gasteiger partial charge in [-0.15, -0.1) is 0 Å². The summed E-state index contributed by atoms with van der Waals surface area (Å²) in [7, 11) is 0. The van der Waals surface area contributed by atoms with Crippen molar-refractivity contribution < 1.29 is 68.4 Å². The van der Waals surface area contributed by atoms with Gasteiger partial charge in [0.25, 0.3) is 0 Å². The van der Waals surface area contributed by atoms with Crippen LogP contribution in [-0.2, 0) is 60.8 Å². The topological polar surface area (TPSA) is 356 Å². The van der Waals surface area contributed by atoms with Crippen LogP contribution in [0, 0.1) is 11.8 Å². The van der Waals surface area contributed by atoms with Gasteiger partial charge >= 0.3 is 11.9 Å². The van der Waals surface area contributed by atoms with Gasteiger partial charge in [-0.3, -0.25) is 43.2 Å². The smallest absolute Gasteiger partial charge is 0.326 e. The van der Waals surface area contributed by atoms with Crippen LogP contribution in [0.25, 0.3) is 0 Å². The second-order valence-electron chi connectivity index (χ2n) is 18.8. The predicted molar refractivity (Wildman–Crippen MR) is 258 cm³/mol. The zero-order valence-electron chi connectivity index (χ0n) is 41.0. The van der Waals surface area contributed by atoms with E-state index in [1.54, 1.807) is 74.5 Å². The Kier molecular flexibility index (Phi) is 22.1. The summed E-state index contributed by atoms with van der Waals surface area (Å²) in [5, 5.41) is 54.2. The molecule has 2 aromatic rings. The maximum atomic E-state index is 14.6. The standard InChI is InChI=1S/C49H69N9O14/c1-27(2)21-31(50)47(69)57-19-11-17-37(57)45(67)54-35(25-59)43(65)52-33(24-39(61)62)42(64)51-32(22-29-13-7-5-8-14-29)41(63)53-34(23-30-15-9-6-10-16-30)48(70)58-20-12-18-38(58)46(68)55-36(26-60)44(66)56-40(28(3)4)49(71)72/h5-10,13-16,27-28,31-38,40,59-60H,11-12,17-26,50H2,1-4H3,(H,51,64)(H,52,65)(H,53,63)(H,54,67)(H,55,68)(H,56,66)(H,61,62)(H,71,72). The average molecular weight is 1010 g/mol. The number of carboxylic acids is 2. The molecule has 2 saturated heterocycles. The Morgan fingerprint density at radius 2 is 0.986 bits per heavy atom. The number of hydrogen-bond donors (Lipinski definition) is 11. The molecule has 23 nitrogen and oxygen atoms in total. The van der Waals surface area contributed by atoms with E-state index in [2.05, 4.69) is 31.9 Å². The van der Waals surface area contributed by atoms with Crippen LogP contribution in [0.15, 0.2) is 60.7 Å². The molecular weight excluding hydrogens is 939 g/mol. The fraction of sp³-hybridized carbons (Fsp3) is 0.551. The van der Waals surface area contributed by atoms with Gasteiger partial charge in [-0.05, 0) is 55.1 Å². The van der Waals surface area contributed by atoms with Gasteiger partial charge in [-0.2, -0.15) is 0 Å². The molecule has 4 rings (SSSR count). The molecule has 9 atom stereocenters. The van der Waals surface area contributed by atoms with Gasteiger partial charge in [0.2, 0.25) is 47.3 Å². The van der Waals surface area contributed by atoms with Crippen molar-refractivity contribution in [3.63, 3.8) is 0 Å². The summed E-state index contributed by atoms with van der Waals surface area (Å²) in [5.41, 5.74) is 7.23. The first-order chi connectivity index (χ1) is 34.1. The number of aliphatic hydroxyl groups excluding tert-OH is 2. The van der Waals surface area contributed by atoms with E-state index in [0.29, 0.717) is 30.4 Å². The first-order valence-corrected chi connectivity index (χ1v) is 24.1. The van der Waals surface area contributed by atoms with Crippen LogP contribution >= 0.6 is 0 Å². The lowest BCUT2D eigenvalue weighted by molar-refractivity contribution is -0.144. The quantitative estimate of drug-likeness (QED) is 0.0483. The number of carboxylic acid groups (broad SMARTS) is 2. The third-order valence-electron chi connectivity index (χ3n) is 12.4. The molecule has 2 aliphatic rings. The van der Waals surface area contributed by atoms with E-state index in [1.807, 2.05) is 13.8 Å². The second-order valence-corrected chi connectivity index (χ2v) is 18.8. The van der Waals surface area contributed by atoms with Crippen LogP contribution in [0.1, 0.15) is 77.3 Å². The summed E-state index contributed by atoms with van der Waals surface area (Å²) in [4.78, 5) is 136. The fourth-order valence-electron chi connectivity index (χ4n) is 8.63. The number of likely N-dealkylation sites (tertiary alicyclic amines) is 2. The molecule has 8 amide bonds. The molecule has 0 aliphatic carbocycles. The molecule has 0 saturated carbocycles. The lowest BCUT2D eigenvalue weighted by atomic mass is 10.0. The van der Waals surface area contributed by atoms with Crippen LogP contribution in [0.4, 0.5) is 0 Å². The van der Waals surface area contributed by atoms with E-state index in [4.69, 9.17) is 5.73 Å². The van der Waals surface area contributed by atoms with E-state index in [0.717, 1.165) is 0 Å². The zero-order valence-corrected chi connectivity index (χ0v) is 41.0. The maximum absolute atomic E-state index is 14.6. The van der Waals surface area contributed by atoms with E-state index >= 15 is 0 Å². The van der Waals surface area contributed by atoms with Crippen molar-refractivity contribution in [3.8, 4) is 0 Å². The normalized spacial score (nSPS) is 18.4. The minimum Gasteiger partial charge on any atom is -0.481 e. The fourth-order valence-corrected chi connectivity index (χ4v) is 8.63. The van der Waals surface area contributed by atoms with Crippen LogP contribution in [0.5, 0.6) is 0 Å². The van der Waals surface area contributed by atoms with E-state index in [9.17, 15) is 68.4 Å². The lowest BCUT2D eigenvalue weighted by Crippen LogP contribution is -2.61. The summed E-state index contributed by atoms with van der Waals surface area (Å²) in [6, 6.07) is 4.45. The van der Waals surface area contributed by atoms with Gasteiger partial charge in [0.05, 0.1) is 25.7 Å². The summed E-state index contributed by atoms with van der Waals surface area (Å²) in [6.07, 6.45) is 0.214. The Hall–Kier alpha value is -6.98. The van der Waals surface area contributed by atoms with Crippen molar-refractivity contribution in [1.29, 1.82) is 0 Å². The number of hydrogen-bond acceptors (Lipinski definition) is 13. The van der Waals surface area contributed by atoms with E-state index in [1.165, 1.54) is 9.80 Å². The highest BCUT2D eigenvalue weighted by molar-refractivity contribution is 5.99. The van der Waals surface area contributed by atoms with Crippen molar-refractivity contribution in [3.05, 3.63) is 71.8 Å². The molecule has 72 heavy (non-hydrogen) atoms. The minimum absolute atomic E-state index is 0.0437. The molecule has 394 valence electrons. The molecule has 2 fully saturated rings. The number of aliphatic carboxylic acids is 2. The van der Waals surface area contributed by atoms with Crippen LogP contribution in [0.3, 0.4) is 0 Å². The summed E-state index contributed by atoms with van der Waals surface area (Å²) in [6.45, 7) is 5.32. The third-order valence-corrected chi connectivity index (χ3v) is 12.4. The second kappa shape index (κ2) is 27.6.